The first-order valence-corrected chi connectivity index (χ1v) is 10.7. The van der Waals surface area contributed by atoms with Gasteiger partial charge in [0.05, 0.1) is 10.8 Å². The summed E-state index contributed by atoms with van der Waals surface area (Å²) >= 11 is 7.74. The molecule has 2 heterocycles. The Labute approximate surface area is 174 Å². The van der Waals surface area contributed by atoms with E-state index in [2.05, 4.69) is 23.0 Å². The van der Waals surface area contributed by atoms with E-state index >= 15 is 0 Å². The van der Waals surface area contributed by atoms with Gasteiger partial charge in [-0.15, -0.1) is 11.3 Å². The largest absolute Gasteiger partial charge is 0.481 e. The molecule has 5 nitrogen and oxygen atoms in total. The van der Waals surface area contributed by atoms with Gasteiger partial charge in [-0.05, 0) is 67.9 Å². The summed E-state index contributed by atoms with van der Waals surface area (Å²) < 4.78 is 0. The second-order valence-electron chi connectivity index (χ2n) is 7.14. The molecule has 0 unspecified atom stereocenters. The van der Waals surface area contributed by atoms with Crippen LogP contribution >= 0.6 is 22.9 Å². The van der Waals surface area contributed by atoms with E-state index in [0.717, 1.165) is 46.7 Å². The number of hydrogen-bond donors (Lipinski definition) is 1. The number of carbonyl (C=O) groups is 1. The van der Waals surface area contributed by atoms with Crippen molar-refractivity contribution in [3.05, 3.63) is 56.2 Å². The number of nitrogens with zero attached hydrogens (tertiary/aromatic N) is 2. The van der Waals surface area contributed by atoms with Crippen LogP contribution in [0.4, 0.5) is 0 Å². The van der Waals surface area contributed by atoms with Crippen molar-refractivity contribution < 1.29 is 14.7 Å². The van der Waals surface area contributed by atoms with Gasteiger partial charge < -0.3 is 9.94 Å². The minimum atomic E-state index is -0.711. The molecule has 0 bridgehead atoms. The van der Waals surface area contributed by atoms with Crippen molar-refractivity contribution in [2.45, 2.75) is 26.7 Å². The van der Waals surface area contributed by atoms with Crippen LogP contribution in [-0.4, -0.2) is 47.9 Å². The van der Waals surface area contributed by atoms with Crippen molar-refractivity contribution in [1.82, 2.24) is 4.90 Å². The second kappa shape index (κ2) is 9.54. The number of hydrogen-bond acceptors (Lipinski definition) is 5. The van der Waals surface area contributed by atoms with E-state index < -0.39 is 5.97 Å². The number of aliphatic carboxylic acids is 1. The van der Waals surface area contributed by atoms with Crippen LogP contribution in [0.15, 0.2) is 34.8 Å². The number of carboxylic acid groups (broad SMARTS) is 1. The third kappa shape index (κ3) is 5.13. The molecular weight excluding hydrogens is 396 g/mol. The molecule has 0 spiro atoms. The molecule has 0 saturated carbocycles. The first-order chi connectivity index (χ1) is 13.5. The molecule has 0 amide bonds. The third-order valence-corrected chi connectivity index (χ3v) is 6.29. The van der Waals surface area contributed by atoms with E-state index in [4.69, 9.17) is 16.4 Å². The minimum Gasteiger partial charge on any atom is -0.481 e. The normalized spacial score (nSPS) is 18.2. The highest BCUT2D eigenvalue weighted by molar-refractivity contribution is 7.12. The molecule has 150 valence electrons. The average molecular weight is 421 g/mol. The summed E-state index contributed by atoms with van der Waals surface area (Å²) in [5, 5.41) is 16.4. The van der Waals surface area contributed by atoms with Crippen molar-refractivity contribution in [2.75, 3.05) is 26.2 Å². The summed E-state index contributed by atoms with van der Waals surface area (Å²) in [6.45, 7) is 6.65. The van der Waals surface area contributed by atoms with Crippen molar-refractivity contribution >= 4 is 34.6 Å². The Morgan fingerprint density at radius 1 is 1.36 bits per heavy atom. The number of rotatable bonds is 7. The van der Waals surface area contributed by atoms with Gasteiger partial charge in [-0.3, -0.25) is 9.69 Å². The van der Waals surface area contributed by atoms with Crippen LogP contribution in [0, 0.1) is 19.8 Å². The van der Waals surface area contributed by atoms with Crippen molar-refractivity contribution in [2.24, 2.45) is 11.1 Å². The Kier molecular flexibility index (Phi) is 7.10. The molecule has 1 N–H and O–H groups in total. The van der Waals surface area contributed by atoms with Crippen LogP contribution in [-0.2, 0) is 9.63 Å². The van der Waals surface area contributed by atoms with Crippen LogP contribution in [0.2, 0.25) is 5.02 Å². The first-order valence-electron chi connectivity index (χ1n) is 9.42. The van der Waals surface area contributed by atoms with Crippen molar-refractivity contribution in [3.8, 4) is 0 Å². The maximum Gasteiger partial charge on any atom is 0.307 e. The number of piperidine rings is 1. The number of thiophene rings is 1. The SMILES string of the molecule is Cc1cc(Cl)ccc1C(=NOCCN1CCC[C@@H](C(=O)O)C1)c1sccc1C. The molecule has 0 radical (unpaired) electrons. The number of halogens is 1. The summed E-state index contributed by atoms with van der Waals surface area (Å²) in [4.78, 5) is 20.1. The van der Waals surface area contributed by atoms with Crippen LogP contribution in [0.1, 0.15) is 34.4 Å². The van der Waals surface area contributed by atoms with Crippen LogP contribution in [0.5, 0.6) is 0 Å². The first kappa shape index (κ1) is 20.8. The molecule has 7 heteroatoms. The molecule has 2 aromatic rings. The van der Waals surface area contributed by atoms with E-state index in [9.17, 15) is 9.90 Å². The number of carboxylic acids is 1. The molecule has 1 aliphatic rings. The zero-order chi connectivity index (χ0) is 20.1. The number of oxime groups is 1. The molecule has 1 aliphatic heterocycles. The Morgan fingerprint density at radius 2 is 2.18 bits per heavy atom. The summed E-state index contributed by atoms with van der Waals surface area (Å²) in [5.41, 5.74) is 4.01. The van der Waals surface area contributed by atoms with Crippen molar-refractivity contribution in [1.29, 1.82) is 0 Å². The van der Waals surface area contributed by atoms with E-state index in [1.165, 1.54) is 0 Å². The van der Waals surface area contributed by atoms with Gasteiger partial charge in [-0.2, -0.15) is 0 Å². The summed E-state index contributed by atoms with van der Waals surface area (Å²) in [5.74, 6) is -0.990. The maximum absolute atomic E-state index is 11.2. The van der Waals surface area contributed by atoms with Crippen LogP contribution < -0.4 is 0 Å². The monoisotopic (exact) mass is 420 g/mol. The van der Waals surface area contributed by atoms with Gasteiger partial charge in [0.15, 0.2) is 0 Å². The van der Waals surface area contributed by atoms with Gasteiger partial charge in [0.25, 0.3) is 0 Å². The van der Waals surface area contributed by atoms with Gasteiger partial charge in [0, 0.05) is 23.7 Å². The second-order valence-corrected chi connectivity index (χ2v) is 8.50. The highest BCUT2D eigenvalue weighted by Crippen LogP contribution is 2.25. The standard InChI is InChI=1S/C21H25ClN2O3S/c1-14-7-11-28-20(14)19(18-6-5-17(22)12-15(18)2)23-27-10-9-24-8-3-4-16(13-24)21(25)26/h5-7,11-12,16H,3-4,8-10,13H2,1-2H3,(H,25,26)/t16-/m1/s1. The van der Waals surface area contributed by atoms with E-state index in [-0.39, 0.29) is 5.92 Å². The highest BCUT2D eigenvalue weighted by atomic mass is 35.5. The molecule has 0 aliphatic carbocycles. The Morgan fingerprint density at radius 3 is 2.86 bits per heavy atom. The summed E-state index contributed by atoms with van der Waals surface area (Å²) in [6.07, 6.45) is 1.66. The fourth-order valence-corrected chi connectivity index (χ4v) is 4.61. The number of aryl methyl sites for hydroxylation is 2. The molecule has 1 aromatic carbocycles. The maximum atomic E-state index is 11.2. The molecule has 1 aromatic heterocycles. The van der Waals surface area contributed by atoms with Gasteiger partial charge in [0.2, 0.25) is 0 Å². The van der Waals surface area contributed by atoms with Crippen molar-refractivity contribution in [3.63, 3.8) is 0 Å². The molecule has 3 rings (SSSR count). The smallest absolute Gasteiger partial charge is 0.307 e. The quantitative estimate of drug-likeness (QED) is 0.404. The van der Waals surface area contributed by atoms with E-state index in [1.54, 1.807) is 11.3 Å². The number of likely N-dealkylation sites (tertiary alicyclic amines) is 1. The van der Waals surface area contributed by atoms with E-state index in [1.807, 2.05) is 30.5 Å². The summed E-state index contributed by atoms with van der Waals surface area (Å²) in [6, 6.07) is 7.83. The molecule has 1 fully saturated rings. The summed E-state index contributed by atoms with van der Waals surface area (Å²) in [7, 11) is 0. The Bertz CT molecular complexity index is 865. The van der Waals surface area contributed by atoms with Gasteiger partial charge >= 0.3 is 5.97 Å². The lowest BCUT2D eigenvalue weighted by molar-refractivity contribution is -0.143. The average Bonchev–Trinajstić information content (AvgIpc) is 3.08. The zero-order valence-corrected chi connectivity index (χ0v) is 17.7. The van der Waals surface area contributed by atoms with E-state index in [0.29, 0.717) is 24.7 Å². The van der Waals surface area contributed by atoms with Gasteiger partial charge in [-0.25, -0.2) is 0 Å². The van der Waals surface area contributed by atoms with Crippen LogP contribution in [0.25, 0.3) is 0 Å². The van der Waals surface area contributed by atoms with Gasteiger partial charge in [-0.1, -0.05) is 22.8 Å². The molecule has 1 atom stereocenters. The lowest BCUT2D eigenvalue weighted by Gasteiger charge is -2.29. The highest BCUT2D eigenvalue weighted by Gasteiger charge is 2.25. The molecule has 28 heavy (non-hydrogen) atoms. The van der Waals surface area contributed by atoms with Gasteiger partial charge in [0.1, 0.15) is 12.3 Å². The molecule has 1 saturated heterocycles. The third-order valence-electron chi connectivity index (χ3n) is 5.03. The predicted octanol–water partition coefficient (Wildman–Crippen LogP) is 4.58. The lowest BCUT2D eigenvalue weighted by atomic mass is 9.98. The number of benzene rings is 1. The minimum absolute atomic E-state index is 0.279. The fourth-order valence-electron chi connectivity index (χ4n) is 3.46. The lowest BCUT2D eigenvalue weighted by Crippen LogP contribution is -2.40. The Balaban J connectivity index is 1.70. The molecular formula is C21H25ClN2O3S. The fraction of sp³-hybridized carbons (Fsp3) is 0.429. The van der Waals surface area contributed by atoms with Crippen LogP contribution in [0.3, 0.4) is 0 Å². The Hall–Kier alpha value is -1.89. The predicted molar refractivity (Wildman–Crippen MR) is 114 cm³/mol. The zero-order valence-electron chi connectivity index (χ0n) is 16.2. The topological polar surface area (TPSA) is 62.1 Å².